The van der Waals surface area contributed by atoms with E-state index >= 15 is 0 Å². The molecule has 1 aromatic carbocycles. The van der Waals surface area contributed by atoms with Gasteiger partial charge in [-0.15, -0.1) is 11.3 Å². The summed E-state index contributed by atoms with van der Waals surface area (Å²) in [6.07, 6.45) is 0. The number of carbonyl (C=O) groups excluding carboxylic acids is 2. The summed E-state index contributed by atoms with van der Waals surface area (Å²) in [6, 6.07) is 11.5. The van der Waals surface area contributed by atoms with Crippen LogP contribution in [0.15, 0.2) is 41.8 Å². The van der Waals surface area contributed by atoms with Crippen LogP contribution in [-0.2, 0) is 22.3 Å². The molecule has 1 aliphatic rings. The second-order valence-electron chi connectivity index (χ2n) is 7.37. The minimum atomic E-state index is -0.962. The highest BCUT2D eigenvalue weighted by Crippen LogP contribution is 2.32. The molecule has 5 heteroatoms. The van der Waals surface area contributed by atoms with E-state index in [9.17, 15) is 9.59 Å². The van der Waals surface area contributed by atoms with E-state index in [2.05, 4.69) is 38.2 Å². The molecule has 1 aliphatic heterocycles. The van der Waals surface area contributed by atoms with Gasteiger partial charge in [0, 0.05) is 4.88 Å². The normalized spacial score (nSPS) is 21.2. The second kappa shape index (κ2) is 5.74. The Morgan fingerprint density at radius 1 is 1.12 bits per heavy atom. The summed E-state index contributed by atoms with van der Waals surface area (Å²) in [7, 11) is 0. The smallest absolute Gasteiger partial charge is 0.319 e. The summed E-state index contributed by atoms with van der Waals surface area (Å²) in [4.78, 5) is 27.3. The number of imide groups is 1. The quantitative estimate of drug-likeness (QED) is 0.857. The third-order valence-corrected chi connectivity index (χ3v) is 5.54. The van der Waals surface area contributed by atoms with Gasteiger partial charge in [0.25, 0.3) is 5.91 Å². The van der Waals surface area contributed by atoms with E-state index in [1.807, 2.05) is 29.6 Å². The molecule has 1 unspecified atom stereocenters. The van der Waals surface area contributed by atoms with Crippen LogP contribution in [-0.4, -0.2) is 16.8 Å². The minimum Gasteiger partial charge on any atom is -0.319 e. The van der Waals surface area contributed by atoms with Gasteiger partial charge in [-0.1, -0.05) is 51.1 Å². The van der Waals surface area contributed by atoms with Crippen molar-refractivity contribution in [2.24, 2.45) is 0 Å². The molecule has 0 spiro atoms. The molecule has 126 valence electrons. The SMILES string of the molecule is CC(C)(C)c1ccc(CN2C(=O)NC(C)(c3cccs3)C2=O)cc1. The van der Waals surface area contributed by atoms with E-state index in [1.54, 1.807) is 6.92 Å². The van der Waals surface area contributed by atoms with E-state index in [4.69, 9.17) is 0 Å². The van der Waals surface area contributed by atoms with Crippen LogP contribution in [0.4, 0.5) is 4.79 Å². The molecule has 3 amide bonds. The Balaban J connectivity index is 1.81. The van der Waals surface area contributed by atoms with Crippen LogP contribution in [0.2, 0.25) is 0 Å². The molecule has 1 saturated heterocycles. The largest absolute Gasteiger partial charge is 0.325 e. The summed E-state index contributed by atoms with van der Waals surface area (Å²) >= 11 is 1.48. The number of hydrogen-bond acceptors (Lipinski definition) is 3. The zero-order valence-corrected chi connectivity index (χ0v) is 15.2. The molecule has 4 nitrogen and oxygen atoms in total. The maximum absolute atomic E-state index is 12.8. The Hall–Kier alpha value is -2.14. The number of rotatable bonds is 3. The van der Waals surface area contributed by atoms with Crippen LogP contribution in [0.25, 0.3) is 0 Å². The first kappa shape index (κ1) is 16.7. The second-order valence-corrected chi connectivity index (χ2v) is 8.32. The minimum absolute atomic E-state index is 0.0805. The molecule has 24 heavy (non-hydrogen) atoms. The van der Waals surface area contributed by atoms with Crippen molar-refractivity contribution < 1.29 is 9.59 Å². The molecule has 0 aliphatic carbocycles. The monoisotopic (exact) mass is 342 g/mol. The summed E-state index contributed by atoms with van der Waals surface area (Å²) in [5, 5.41) is 4.75. The van der Waals surface area contributed by atoms with Crippen LogP contribution in [0.5, 0.6) is 0 Å². The van der Waals surface area contributed by atoms with E-state index in [0.29, 0.717) is 0 Å². The van der Waals surface area contributed by atoms with Crippen molar-refractivity contribution in [3.8, 4) is 0 Å². The lowest BCUT2D eigenvalue weighted by Crippen LogP contribution is -2.40. The summed E-state index contributed by atoms with van der Waals surface area (Å²) < 4.78 is 0. The van der Waals surface area contributed by atoms with Gasteiger partial charge < -0.3 is 5.32 Å². The molecule has 1 N–H and O–H groups in total. The molecule has 2 heterocycles. The Kier molecular flexibility index (Phi) is 4.00. The Morgan fingerprint density at radius 3 is 2.33 bits per heavy atom. The lowest BCUT2D eigenvalue weighted by atomic mass is 9.87. The fraction of sp³-hybridized carbons (Fsp3) is 0.368. The average Bonchev–Trinajstić information content (AvgIpc) is 3.12. The van der Waals surface area contributed by atoms with Gasteiger partial charge in [0.15, 0.2) is 5.54 Å². The Morgan fingerprint density at radius 2 is 1.79 bits per heavy atom. The third-order valence-electron chi connectivity index (χ3n) is 4.45. The standard InChI is InChI=1S/C19H22N2O2S/c1-18(2,3)14-9-7-13(8-10-14)12-21-16(22)19(4,20-17(21)23)15-6-5-11-24-15/h5-11H,12H2,1-4H3,(H,20,23). The van der Waals surface area contributed by atoms with Crippen LogP contribution < -0.4 is 5.32 Å². The lowest BCUT2D eigenvalue weighted by molar-refractivity contribution is -0.131. The van der Waals surface area contributed by atoms with Crippen LogP contribution >= 0.6 is 11.3 Å². The molecule has 0 saturated carbocycles. The highest BCUT2D eigenvalue weighted by molar-refractivity contribution is 7.10. The molecule has 1 fully saturated rings. The van der Waals surface area contributed by atoms with Gasteiger partial charge in [-0.2, -0.15) is 0 Å². The van der Waals surface area contributed by atoms with E-state index in [0.717, 1.165) is 10.4 Å². The van der Waals surface area contributed by atoms with Crippen LogP contribution in [0.3, 0.4) is 0 Å². The van der Waals surface area contributed by atoms with Crippen molar-refractivity contribution >= 4 is 23.3 Å². The number of hydrogen-bond donors (Lipinski definition) is 1. The van der Waals surface area contributed by atoms with Gasteiger partial charge in [-0.25, -0.2) is 4.79 Å². The number of urea groups is 1. The number of thiophene rings is 1. The lowest BCUT2D eigenvalue weighted by Gasteiger charge is -2.21. The van der Waals surface area contributed by atoms with Gasteiger partial charge in [-0.05, 0) is 34.9 Å². The first-order valence-corrected chi connectivity index (χ1v) is 8.87. The Bertz CT molecular complexity index is 760. The molecule has 2 aromatic rings. The fourth-order valence-electron chi connectivity index (χ4n) is 2.86. The molecular weight excluding hydrogens is 320 g/mol. The van der Waals surface area contributed by atoms with Crippen LogP contribution in [0.1, 0.15) is 43.7 Å². The van der Waals surface area contributed by atoms with Crippen molar-refractivity contribution in [1.82, 2.24) is 10.2 Å². The summed E-state index contributed by atoms with van der Waals surface area (Å²) in [5.74, 6) is -0.199. The zero-order valence-electron chi connectivity index (χ0n) is 14.4. The Labute approximate surface area is 146 Å². The van der Waals surface area contributed by atoms with Gasteiger partial charge in [0.2, 0.25) is 0 Å². The van der Waals surface area contributed by atoms with Gasteiger partial charge in [-0.3, -0.25) is 9.69 Å². The first-order valence-electron chi connectivity index (χ1n) is 7.99. The maximum atomic E-state index is 12.8. The topological polar surface area (TPSA) is 49.4 Å². The van der Waals surface area contributed by atoms with Crippen molar-refractivity contribution in [2.45, 2.75) is 45.2 Å². The van der Waals surface area contributed by atoms with Crippen molar-refractivity contribution in [1.29, 1.82) is 0 Å². The zero-order chi connectivity index (χ0) is 17.5. The number of carbonyl (C=O) groups is 2. The molecule has 3 rings (SSSR count). The average molecular weight is 342 g/mol. The number of nitrogens with zero attached hydrogens (tertiary/aromatic N) is 1. The van der Waals surface area contributed by atoms with Gasteiger partial charge in [0.05, 0.1) is 6.54 Å². The van der Waals surface area contributed by atoms with Gasteiger partial charge >= 0.3 is 6.03 Å². The fourth-order valence-corrected chi connectivity index (χ4v) is 3.70. The van der Waals surface area contributed by atoms with E-state index in [1.165, 1.54) is 21.8 Å². The number of nitrogens with one attached hydrogen (secondary N) is 1. The predicted octanol–water partition coefficient (Wildman–Crippen LogP) is 4.01. The molecule has 0 bridgehead atoms. The molecule has 1 atom stereocenters. The molecule has 1 aromatic heterocycles. The maximum Gasteiger partial charge on any atom is 0.325 e. The number of amides is 3. The van der Waals surface area contributed by atoms with E-state index in [-0.39, 0.29) is 23.9 Å². The van der Waals surface area contributed by atoms with E-state index < -0.39 is 5.54 Å². The highest BCUT2D eigenvalue weighted by Gasteiger charge is 2.49. The predicted molar refractivity (Wildman–Crippen MR) is 95.9 cm³/mol. The summed E-state index contributed by atoms with van der Waals surface area (Å²) in [5.41, 5.74) is 1.29. The van der Waals surface area contributed by atoms with Crippen molar-refractivity contribution in [3.05, 3.63) is 57.8 Å². The highest BCUT2D eigenvalue weighted by atomic mass is 32.1. The van der Waals surface area contributed by atoms with Crippen molar-refractivity contribution in [3.63, 3.8) is 0 Å². The van der Waals surface area contributed by atoms with Crippen LogP contribution in [0, 0.1) is 0 Å². The van der Waals surface area contributed by atoms with Gasteiger partial charge in [0.1, 0.15) is 0 Å². The number of benzene rings is 1. The van der Waals surface area contributed by atoms with Crippen molar-refractivity contribution in [2.75, 3.05) is 0 Å². The summed E-state index contributed by atoms with van der Waals surface area (Å²) in [6.45, 7) is 8.53. The third kappa shape index (κ3) is 2.84. The first-order chi connectivity index (χ1) is 11.2. The molecule has 0 radical (unpaired) electrons. The molecular formula is C19H22N2O2S.